The van der Waals surface area contributed by atoms with Crippen LogP contribution in [-0.4, -0.2) is 28.6 Å². The Hall–Kier alpha value is -2.01. The molecule has 1 N–H and O–H groups in total. The molecular formula is C14H18N4O. The molecule has 2 aromatic heterocycles. The van der Waals surface area contributed by atoms with Gasteiger partial charge in [0.05, 0.1) is 5.69 Å². The average Bonchev–Trinajstić information content (AvgIpc) is 2.46. The van der Waals surface area contributed by atoms with E-state index >= 15 is 0 Å². The Balaban J connectivity index is 2.19. The monoisotopic (exact) mass is 258 g/mol. The molecule has 0 aliphatic heterocycles. The van der Waals surface area contributed by atoms with Crippen LogP contribution in [0.5, 0.6) is 0 Å². The van der Waals surface area contributed by atoms with E-state index in [2.05, 4.69) is 20.3 Å². The Bertz CT molecular complexity index is 516. The standard InChI is InChI=1S/C14H18N4O/c1-3-19-10-14-17-12(9-13(15-2)18-14)8-11-4-6-16-7-5-11/h4-7,9H,3,8,10H2,1-2H3,(H,15,17,18). The van der Waals surface area contributed by atoms with Gasteiger partial charge in [-0.15, -0.1) is 0 Å². The summed E-state index contributed by atoms with van der Waals surface area (Å²) in [4.78, 5) is 12.9. The van der Waals surface area contributed by atoms with E-state index in [0.717, 1.165) is 17.9 Å². The zero-order valence-corrected chi connectivity index (χ0v) is 11.3. The van der Waals surface area contributed by atoms with Crippen LogP contribution >= 0.6 is 0 Å². The Kier molecular flexibility index (Phi) is 4.80. The highest BCUT2D eigenvalue weighted by molar-refractivity contribution is 5.36. The third kappa shape index (κ3) is 3.99. The Morgan fingerprint density at radius 2 is 2.00 bits per heavy atom. The summed E-state index contributed by atoms with van der Waals surface area (Å²) in [5.41, 5.74) is 2.15. The lowest BCUT2D eigenvalue weighted by atomic mass is 10.1. The fourth-order valence-corrected chi connectivity index (χ4v) is 1.74. The summed E-state index contributed by atoms with van der Waals surface area (Å²) < 4.78 is 5.36. The first-order valence-corrected chi connectivity index (χ1v) is 6.33. The van der Waals surface area contributed by atoms with Crippen molar-refractivity contribution < 1.29 is 4.74 Å². The molecule has 2 aromatic rings. The molecule has 0 aliphatic rings. The van der Waals surface area contributed by atoms with Crippen LogP contribution in [0.25, 0.3) is 0 Å². The van der Waals surface area contributed by atoms with Gasteiger partial charge in [0.25, 0.3) is 0 Å². The maximum atomic E-state index is 5.36. The lowest BCUT2D eigenvalue weighted by Gasteiger charge is -2.08. The van der Waals surface area contributed by atoms with E-state index in [0.29, 0.717) is 19.0 Å². The number of nitrogens with zero attached hydrogens (tertiary/aromatic N) is 3. The Labute approximate surface area is 113 Å². The fourth-order valence-electron chi connectivity index (χ4n) is 1.74. The highest BCUT2D eigenvalue weighted by Gasteiger charge is 2.05. The third-order valence-electron chi connectivity index (χ3n) is 2.65. The van der Waals surface area contributed by atoms with Gasteiger partial charge in [0, 0.05) is 38.5 Å². The minimum Gasteiger partial charge on any atom is -0.374 e. The maximum Gasteiger partial charge on any atom is 0.156 e. The van der Waals surface area contributed by atoms with Crippen LogP contribution in [0.2, 0.25) is 0 Å². The molecule has 0 amide bonds. The van der Waals surface area contributed by atoms with E-state index in [1.165, 1.54) is 5.56 Å². The second kappa shape index (κ2) is 6.80. The van der Waals surface area contributed by atoms with Crippen LogP contribution in [-0.2, 0) is 17.8 Å². The minimum absolute atomic E-state index is 0.440. The van der Waals surface area contributed by atoms with E-state index in [1.54, 1.807) is 12.4 Å². The topological polar surface area (TPSA) is 59.9 Å². The molecule has 2 heterocycles. The number of ether oxygens (including phenoxy) is 1. The average molecular weight is 258 g/mol. The van der Waals surface area contributed by atoms with Crippen molar-refractivity contribution in [3.63, 3.8) is 0 Å². The van der Waals surface area contributed by atoms with Crippen molar-refractivity contribution in [3.05, 3.63) is 47.7 Å². The van der Waals surface area contributed by atoms with Gasteiger partial charge < -0.3 is 10.1 Å². The minimum atomic E-state index is 0.440. The highest BCUT2D eigenvalue weighted by atomic mass is 16.5. The van der Waals surface area contributed by atoms with Gasteiger partial charge in [-0.05, 0) is 24.6 Å². The van der Waals surface area contributed by atoms with Crippen molar-refractivity contribution in [2.45, 2.75) is 20.0 Å². The molecular weight excluding hydrogens is 240 g/mol. The third-order valence-corrected chi connectivity index (χ3v) is 2.65. The zero-order chi connectivity index (χ0) is 13.5. The maximum absolute atomic E-state index is 5.36. The Morgan fingerprint density at radius 3 is 2.68 bits per heavy atom. The summed E-state index contributed by atoms with van der Waals surface area (Å²) >= 11 is 0. The van der Waals surface area contributed by atoms with Crippen LogP contribution in [0.15, 0.2) is 30.6 Å². The summed E-state index contributed by atoms with van der Waals surface area (Å²) in [7, 11) is 1.85. The van der Waals surface area contributed by atoms with E-state index in [-0.39, 0.29) is 0 Å². The van der Waals surface area contributed by atoms with Crippen LogP contribution in [0, 0.1) is 0 Å². The van der Waals surface area contributed by atoms with E-state index < -0.39 is 0 Å². The molecule has 5 heteroatoms. The molecule has 0 aliphatic carbocycles. The van der Waals surface area contributed by atoms with Gasteiger partial charge >= 0.3 is 0 Å². The van der Waals surface area contributed by atoms with Gasteiger partial charge in [0.1, 0.15) is 12.4 Å². The SMILES string of the molecule is CCOCc1nc(Cc2ccncc2)cc(NC)n1. The van der Waals surface area contributed by atoms with E-state index in [9.17, 15) is 0 Å². The summed E-state index contributed by atoms with van der Waals surface area (Å²) in [6, 6.07) is 5.93. The number of hydrogen-bond donors (Lipinski definition) is 1. The molecule has 0 radical (unpaired) electrons. The Morgan fingerprint density at radius 1 is 1.21 bits per heavy atom. The van der Waals surface area contributed by atoms with Crippen molar-refractivity contribution in [2.75, 3.05) is 19.0 Å². The molecule has 0 saturated heterocycles. The van der Waals surface area contributed by atoms with Crippen molar-refractivity contribution in [1.29, 1.82) is 0 Å². The fraction of sp³-hybridized carbons (Fsp3) is 0.357. The number of aromatic nitrogens is 3. The van der Waals surface area contributed by atoms with Crippen molar-refractivity contribution in [2.24, 2.45) is 0 Å². The van der Waals surface area contributed by atoms with Crippen molar-refractivity contribution in [3.8, 4) is 0 Å². The molecule has 0 fully saturated rings. The molecule has 19 heavy (non-hydrogen) atoms. The molecule has 2 rings (SSSR count). The molecule has 0 unspecified atom stereocenters. The number of anilines is 1. The molecule has 0 atom stereocenters. The van der Waals surface area contributed by atoms with Gasteiger partial charge in [-0.2, -0.15) is 0 Å². The predicted octanol–water partition coefficient (Wildman–Crippen LogP) is 2.04. The summed E-state index contributed by atoms with van der Waals surface area (Å²) in [6.07, 6.45) is 4.34. The molecule has 5 nitrogen and oxygen atoms in total. The van der Waals surface area contributed by atoms with Crippen molar-refractivity contribution in [1.82, 2.24) is 15.0 Å². The highest BCUT2D eigenvalue weighted by Crippen LogP contribution is 2.11. The predicted molar refractivity (Wildman–Crippen MR) is 74.0 cm³/mol. The second-order valence-corrected chi connectivity index (χ2v) is 4.08. The molecule has 100 valence electrons. The van der Waals surface area contributed by atoms with Gasteiger partial charge in [0.2, 0.25) is 0 Å². The van der Waals surface area contributed by atoms with E-state index in [4.69, 9.17) is 4.74 Å². The normalized spacial score (nSPS) is 10.4. The van der Waals surface area contributed by atoms with Crippen molar-refractivity contribution >= 4 is 5.82 Å². The number of hydrogen-bond acceptors (Lipinski definition) is 5. The van der Waals surface area contributed by atoms with Gasteiger partial charge in [-0.3, -0.25) is 4.98 Å². The first kappa shape index (κ1) is 13.4. The van der Waals surface area contributed by atoms with Crippen LogP contribution in [0.3, 0.4) is 0 Å². The van der Waals surface area contributed by atoms with Gasteiger partial charge in [-0.25, -0.2) is 9.97 Å². The number of nitrogens with one attached hydrogen (secondary N) is 1. The van der Waals surface area contributed by atoms with Crippen LogP contribution in [0.4, 0.5) is 5.82 Å². The van der Waals surface area contributed by atoms with Gasteiger partial charge in [-0.1, -0.05) is 0 Å². The van der Waals surface area contributed by atoms with Gasteiger partial charge in [0.15, 0.2) is 5.82 Å². The summed E-state index contributed by atoms with van der Waals surface area (Å²) in [5.74, 6) is 1.52. The quantitative estimate of drug-likeness (QED) is 0.859. The van der Waals surface area contributed by atoms with E-state index in [1.807, 2.05) is 32.2 Å². The van der Waals surface area contributed by atoms with Crippen LogP contribution < -0.4 is 5.32 Å². The summed E-state index contributed by atoms with van der Waals surface area (Å²) in [6.45, 7) is 3.06. The first-order chi connectivity index (χ1) is 9.31. The number of rotatable bonds is 6. The summed E-state index contributed by atoms with van der Waals surface area (Å²) in [5, 5.41) is 3.05. The molecule has 0 saturated carbocycles. The zero-order valence-electron chi connectivity index (χ0n) is 11.3. The smallest absolute Gasteiger partial charge is 0.156 e. The first-order valence-electron chi connectivity index (χ1n) is 6.33. The molecule has 0 spiro atoms. The lowest BCUT2D eigenvalue weighted by molar-refractivity contribution is 0.128. The largest absolute Gasteiger partial charge is 0.374 e. The second-order valence-electron chi connectivity index (χ2n) is 4.08. The molecule has 0 aromatic carbocycles. The lowest BCUT2D eigenvalue weighted by Crippen LogP contribution is -2.06. The molecule has 0 bridgehead atoms. The van der Waals surface area contributed by atoms with Crippen LogP contribution in [0.1, 0.15) is 24.0 Å². The number of pyridine rings is 1.